The topological polar surface area (TPSA) is 75.6 Å². The van der Waals surface area contributed by atoms with Crippen molar-refractivity contribution in [1.29, 1.82) is 0 Å². The first-order chi connectivity index (χ1) is 7.63. The standard InChI is InChI=1S/C10H13NO4S/c1-11-9(10(12)15-16(13)14)7-8-5-3-2-4-6-8/h2-6,9,11H,7H2,1H3,(H,13,14)/t9-/m0/s1. The van der Waals surface area contributed by atoms with E-state index in [0.29, 0.717) is 6.42 Å². The molecule has 5 nitrogen and oxygen atoms in total. The number of likely N-dealkylation sites (N-methyl/N-ethyl adjacent to an activating group) is 1. The van der Waals surface area contributed by atoms with E-state index < -0.39 is 23.4 Å². The van der Waals surface area contributed by atoms with Gasteiger partial charge in [0.15, 0.2) is 0 Å². The molecule has 6 heteroatoms. The normalized spacial score (nSPS) is 14.1. The van der Waals surface area contributed by atoms with Gasteiger partial charge in [0, 0.05) is 0 Å². The number of rotatable bonds is 5. The van der Waals surface area contributed by atoms with Gasteiger partial charge in [-0.25, -0.2) is 4.79 Å². The quantitative estimate of drug-likeness (QED) is 0.736. The van der Waals surface area contributed by atoms with Gasteiger partial charge in [-0.1, -0.05) is 30.3 Å². The molecule has 0 radical (unpaired) electrons. The lowest BCUT2D eigenvalue weighted by molar-refractivity contribution is -0.136. The fourth-order valence-electron chi connectivity index (χ4n) is 1.28. The second-order valence-corrected chi connectivity index (χ2v) is 3.75. The molecule has 0 aliphatic rings. The molecule has 0 bridgehead atoms. The Hall–Kier alpha value is -1.24. The van der Waals surface area contributed by atoms with E-state index in [4.69, 9.17) is 4.55 Å². The first kappa shape index (κ1) is 12.8. The van der Waals surface area contributed by atoms with Crippen molar-refractivity contribution in [2.75, 3.05) is 7.05 Å². The minimum Gasteiger partial charge on any atom is -0.342 e. The SMILES string of the molecule is CN[C@@H](Cc1ccccc1)C(=O)OS(=O)O. The molecule has 1 aromatic rings. The molecule has 2 N–H and O–H groups in total. The lowest BCUT2D eigenvalue weighted by atomic mass is 10.1. The third kappa shape index (κ3) is 4.09. The molecule has 0 saturated carbocycles. The molecular formula is C10H13NO4S. The molecule has 16 heavy (non-hydrogen) atoms. The van der Waals surface area contributed by atoms with Gasteiger partial charge in [0.1, 0.15) is 6.04 Å². The monoisotopic (exact) mass is 243 g/mol. The summed E-state index contributed by atoms with van der Waals surface area (Å²) in [5.41, 5.74) is 0.947. The van der Waals surface area contributed by atoms with Crippen LogP contribution in [0.15, 0.2) is 30.3 Å². The van der Waals surface area contributed by atoms with Crippen molar-refractivity contribution in [2.45, 2.75) is 12.5 Å². The van der Waals surface area contributed by atoms with Gasteiger partial charge in [-0.15, -0.1) is 0 Å². The van der Waals surface area contributed by atoms with Crippen LogP contribution in [0.1, 0.15) is 5.56 Å². The Kier molecular flexibility index (Phi) is 5.10. The number of hydrogen-bond donors (Lipinski definition) is 2. The average Bonchev–Trinajstić information content (AvgIpc) is 2.26. The Morgan fingerprint density at radius 2 is 2.12 bits per heavy atom. The van der Waals surface area contributed by atoms with Crippen molar-refractivity contribution in [3.63, 3.8) is 0 Å². The minimum absolute atomic E-state index is 0.410. The van der Waals surface area contributed by atoms with Crippen molar-refractivity contribution in [3.8, 4) is 0 Å². The Balaban J connectivity index is 2.62. The number of carbonyl (C=O) groups is 1. The van der Waals surface area contributed by atoms with E-state index in [1.807, 2.05) is 30.3 Å². The third-order valence-corrected chi connectivity index (χ3v) is 2.38. The highest BCUT2D eigenvalue weighted by Crippen LogP contribution is 2.04. The van der Waals surface area contributed by atoms with Gasteiger partial charge in [-0.05, 0) is 19.0 Å². The van der Waals surface area contributed by atoms with Crippen molar-refractivity contribution in [2.24, 2.45) is 0 Å². The zero-order chi connectivity index (χ0) is 12.0. The molecule has 88 valence electrons. The van der Waals surface area contributed by atoms with E-state index in [2.05, 4.69) is 9.50 Å². The van der Waals surface area contributed by atoms with Crippen LogP contribution in [-0.4, -0.2) is 27.8 Å². The molecule has 0 aliphatic heterocycles. The summed E-state index contributed by atoms with van der Waals surface area (Å²) < 4.78 is 23.0. The Bertz CT molecular complexity index is 368. The first-order valence-electron chi connectivity index (χ1n) is 4.67. The van der Waals surface area contributed by atoms with Crippen LogP contribution in [0.5, 0.6) is 0 Å². The van der Waals surface area contributed by atoms with E-state index in [-0.39, 0.29) is 0 Å². The lowest BCUT2D eigenvalue weighted by Crippen LogP contribution is -2.37. The Labute approximate surface area is 96.3 Å². The predicted molar refractivity (Wildman–Crippen MR) is 59.9 cm³/mol. The van der Waals surface area contributed by atoms with Crippen LogP contribution in [0.4, 0.5) is 0 Å². The van der Waals surface area contributed by atoms with Crippen LogP contribution in [0.25, 0.3) is 0 Å². The largest absolute Gasteiger partial charge is 0.360 e. The van der Waals surface area contributed by atoms with Crippen LogP contribution in [-0.2, 0) is 26.8 Å². The first-order valence-corrected chi connectivity index (χ1v) is 5.71. The molecule has 0 saturated heterocycles. The third-order valence-electron chi connectivity index (χ3n) is 2.07. The predicted octanol–water partition coefficient (Wildman–Crippen LogP) is 0.497. The zero-order valence-corrected chi connectivity index (χ0v) is 9.57. The van der Waals surface area contributed by atoms with E-state index >= 15 is 0 Å². The Morgan fingerprint density at radius 3 is 2.62 bits per heavy atom. The zero-order valence-electron chi connectivity index (χ0n) is 8.75. The van der Waals surface area contributed by atoms with E-state index in [1.165, 1.54) is 0 Å². The molecule has 0 aliphatic carbocycles. The van der Waals surface area contributed by atoms with Crippen LogP contribution >= 0.6 is 0 Å². The maximum atomic E-state index is 11.4. The van der Waals surface area contributed by atoms with E-state index in [1.54, 1.807) is 7.05 Å². The van der Waals surface area contributed by atoms with Crippen molar-refractivity contribution in [3.05, 3.63) is 35.9 Å². The fraction of sp³-hybridized carbons (Fsp3) is 0.300. The highest BCUT2D eigenvalue weighted by atomic mass is 32.2. The smallest absolute Gasteiger partial charge is 0.342 e. The van der Waals surface area contributed by atoms with Crippen molar-refractivity contribution >= 4 is 17.3 Å². The maximum Gasteiger partial charge on any atom is 0.360 e. The molecule has 2 atom stereocenters. The number of hydrogen-bond acceptors (Lipinski definition) is 4. The summed E-state index contributed by atoms with van der Waals surface area (Å²) >= 11 is -2.57. The summed E-state index contributed by atoms with van der Waals surface area (Å²) in [6, 6.07) is 8.70. The second kappa shape index (κ2) is 6.37. The van der Waals surface area contributed by atoms with Crippen LogP contribution < -0.4 is 5.32 Å². The molecule has 1 aromatic carbocycles. The summed E-state index contributed by atoms with van der Waals surface area (Å²) in [4.78, 5) is 11.4. The summed E-state index contributed by atoms with van der Waals surface area (Å²) in [6.07, 6.45) is 0.410. The van der Waals surface area contributed by atoms with Gasteiger partial charge in [0.05, 0.1) is 0 Å². The van der Waals surface area contributed by atoms with Crippen molar-refractivity contribution < 1.29 is 17.7 Å². The highest BCUT2D eigenvalue weighted by molar-refractivity contribution is 7.74. The van der Waals surface area contributed by atoms with E-state index in [9.17, 15) is 9.00 Å². The Morgan fingerprint density at radius 1 is 1.50 bits per heavy atom. The molecule has 0 amide bonds. The van der Waals surface area contributed by atoms with Gasteiger partial charge >= 0.3 is 17.3 Å². The maximum absolute atomic E-state index is 11.4. The number of nitrogens with one attached hydrogen (secondary N) is 1. The second-order valence-electron chi connectivity index (χ2n) is 3.15. The highest BCUT2D eigenvalue weighted by Gasteiger charge is 2.20. The fourth-order valence-corrected chi connectivity index (χ4v) is 1.54. The summed E-state index contributed by atoms with van der Waals surface area (Å²) in [7, 11) is 1.59. The molecule has 1 unspecified atom stereocenters. The van der Waals surface area contributed by atoms with Gasteiger partial charge < -0.3 is 9.50 Å². The van der Waals surface area contributed by atoms with E-state index in [0.717, 1.165) is 5.56 Å². The molecule has 0 fully saturated rings. The summed E-state index contributed by atoms with van der Waals surface area (Å²) in [6.45, 7) is 0. The molecule has 0 spiro atoms. The number of benzene rings is 1. The lowest BCUT2D eigenvalue weighted by Gasteiger charge is -2.12. The summed E-state index contributed by atoms with van der Waals surface area (Å²) in [5.74, 6) is -0.743. The van der Waals surface area contributed by atoms with Gasteiger partial charge in [0.25, 0.3) is 0 Å². The van der Waals surface area contributed by atoms with Gasteiger partial charge in [-0.3, -0.25) is 4.55 Å². The van der Waals surface area contributed by atoms with Gasteiger partial charge in [-0.2, -0.15) is 4.21 Å². The molecule has 0 aromatic heterocycles. The molecule has 1 rings (SSSR count). The minimum atomic E-state index is -2.57. The molecular weight excluding hydrogens is 230 g/mol. The summed E-state index contributed by atoms with van der Waals surface area (Å²) in [5, 5.41) is 2.74. The van der Waals surface area contributed by atoms with Crippen LogP contribution in [0.2, 0.25) is 0 Å². The average molecular weight is 243 g/mol. The van der Waals surface area contributed by atoms with Crippen LogP contribution in [0, 0.1) is 0 Å². The van der Waals surface area contributed by atoms with Crippen molar-refractivity contribution in [1.82, 2.24) is 5.32 Å². The number of carbonyl (C=O) groups excluding carboxylic acids is 1. The van der Waals surface area contributed by atoms with Gasteiger partial charge in [0.2, 0.25) is 0 Å². The van der Waals surface area contributed by atoms with Crippen LogP contribution in [0.3, 0.4) is 0 Å². The molecule has 0 heterocycles.